The molecule has 1 aromatic carbocycles. The molecule has 1 heterocycles. The van der Waals surface area contributed by atoms with E-state index in [9.17, 15) is 4.79 Å². The highest BCUT2D eigenvalue weighted by molar-refractivity contribution is 6.30. The SMILES string of the molecule is COC(=O)c1ccc(Oc2cccnc2Cl)cc1. The Labute approximate surface area is 109 Å². The van der Waals surface area contributed by atoms with Crippen molar-refractivity contribution < 1.29 is 14.3 Å². The van der Waals surface area contributed by atoms with Gasteiger partial charge in [-0.1, -0.05) is 11.6 Å². The molecule has 0 saturated heterocycles. The Morgan fingerprint density at radius 1 is 1.22 bits per heavy atom. The lowest BCUT2D eigenvalue weighted by molar-refractivity contribution is 0.0600. The van der Waals surface area contributed by atoms with E-state index in [0.29, 0.717) is 17.1 Å². The lowest BCUT2D eigenvalue weighted by Gasteiger charge is -2.06. The highest BCUT2D eigenvalue weighted by Gasteiger charge is 2.06. The average molecular weight is 264 g/mol. The normalized spacial score (nSPS) is 9.89. The van der Waals surface area contributed by atoms with E-state index in [0.717, 1.165) is 0 Å². The first-order chi connectivity index (χ1) is 8.70. The minimum absolute atomic E-state index is 0.287. The van der Waals surface area contributed by atoms with E-state index in [1.165, 1.54) is 7.11 Å². The average Bonchev–Trinajstić information content (AvgIpc) is 2.41. The molecule has 4 nitrogen and oxygen atoms in total. The van der Waals surface area contributed by atoms with Crippen molar-refractivity contribution in [2.75, 3.05) is 7.11 Å². The fourth-order valence-corrected chi connectivity index (χ4v) is 1.51. The number of nitrogens with zero attached hydrogens (tertiary/aromatic N) is 1. The summed E-state index contributed by atoms with van der Waals surface area (Å²) in [6.45, 7) is 0. The second-order valence-electron chi connectivity index (χ2n) is 3.41. The van der Waals surface area contributed by atoms with Gasteiger partial charge in [0.1, 0.15) is 5.75 Å². The summed E-state index contributed by atoms with van der Waals surface area (Å²) < 4.78 is 10.1. The second-order valence-corrected chi connectivity index (χ2v) is 3.77. The van der Waals surface area contributed by atoms with Gasteiger partial charge in [-0.2, -0.15) is 0 Å². The smallest absolute Gasteiger partial charge is 0.337 e. The van der Waals surface area contributed by atoms with Crippen molar-refractivity contribution in [3.63, 3.8) is 0 Å². The summed E-state index contributed by atoms with van der Waals surface area (Å²) in [4.78, 5) is 15.1. The molecule has 92 valence electrons. The van der Waals surface area contributed by atoms with Gasteiger partial charge in [-0.25, -0.2) is 9.78 Å². The summed E-state index contributed by atoms with van der Waals surface area (Å²) in [5.74, 6) is 0.642. The zero-order valence-corrected chi connectivity index (χ0v) is 10.3. The predicted octanol–water partition coefficient (Wildman–Crippen LogP) is 3.31. The maximum atomic E-state index is 11.2. The highest BCUT2D eigenvalue weighted by atomic mass is 35.5. The van der Waals surface area contributed by atoms with E-state index in [4.69, 9.17) is 16.3 Å². The highest BCUT2D eigenvalue weighted by Crippen LogP contribution is 2.27. The summed E-state index contributed by atoms with van der Waals surface area (Å²) in [5, 5.41) is 0.287. The molecule has 0 amide bonds. The fourth-order valence-electron chi connectivity index (χ4n) is 1.35. The summed E-state index contributed by atoms with van der Waals surface area (Å²) in [5.41, 5.74) is 0.460. The third-order valence-corrected chi connectivity index (χ3v) is 2.51. The minimum Gasteiger partial charge on any atom is -0.465 e. The van der Waals surface area contributed by atoms with Crippen LogP contribution in [-0.2, 0) is 4.74 Å². The van der Waals surface area contributed by atoms with E-state index >= 15 is 0 Å². The molecule has 0 aliphatic rings. The predicted molar refractivity (Wildman–Crippen MR) is 67.1 cm³/mol. The van der Waals surface area contributed by atoms with Crippen molar-refractivity contribution in [2.45, 2.75) is 0 Å². The third-order valence-electron chi connectivity index (χ3n) is 2.23. The third kappa shape index (κ3) is 2.78. The first kappa shape index (κ1) is 12.4. The van der Waals surface area contributed by atoms with Crippen molar-refractivity contribution in [3.05, 3.63) is 53.3 Å². The van der Waals surface area contributed by atoms with Gasteiger partial charge in [0.2, 0.25) is 0 Å². The van der Waals surface area contributed by atoms with Crippen LogP contribution in [0.3, 0.4) is 0 Å². The van der Waals surface area contributed by atoms with E-state index in [1.54, 1.807) is 42.6 Å². The van der Waals surface area contributed by atoms with Crippen molar-refractivity contribution in [3.8, 4) is 11.5 Å². The van der Waals surface area contributed by atoms with Crippen LogP contribution in [0.15, 0.2) is 42.6 Å². The van der Waals surface area contributed by atoms with Crippen LogP contribution < -0.4 is 4.74 Å². The summed E-state index contributed by atoms with van der Waals surface area (Å²) >= 11 is 5.87. The Kier molecular flexibility index (Phi) is 3.79. The van der Waals surface area contributed by atoms with Crippen LogP contribution in [0.2, 0.25) is 5.15 Å². The number of rotatable bonds is 3. The molecule has 18 heavy (non-hydrogen) atoms. The van der Waals surface area contributed by atoms with Gasteiger partial charge in [0.25, 0.3) is 0 Å². The Hall–Kier alpha value is -2.07. The van der Waals surface area contributed by atoms with Gasteiger partial charge in [0, 0.05) is 6.20 Å². The summed E-state index contributed by atoms with van der Waals surface area (Å²) in [7, 11) is 1.34. The Bertz CT molecular complexity index is 554. The number of carbonyl (C=O) groups excluding carboxylic acids is 1. The fraction of sp³-hybridized carbons (Fsp3) is 0.0769. The van der Waals surface area contributed by atoms with E-state index in [-0.39, 0.29) is 11.1 Å². The zero-order valence-electron chi connectivity index (χ0n) is 9.59. The Morgan fingerprint density at radius 3 is 2.56 bits per heavy atom. The number of esters is 1. The van der Waals surface area contributed by atoms with Crippen LogP contribution in [0, 0.1) is 0 Å². The molecule has 0 aliphatic heterocycles. The van der Waals surface area contributed by atoms with Gasteiger partial charge in [-0.15, -0.1) is 0 Å². The molecule has 0 unspecified atom stereocenters. The van der Waals surface area contributed by atoms with Crippen LogP contribution >= 0.6 is 11.6 Å². The molecule has 0 spiro atoms. The van der Waals surface area contributed by atoms with Crippen LogP contribution in [0.5, 0.6) is 11.5 Å². The van der Waals surface area contributed by atoms with Gasteiger partial charge >= 0.3 is 5.97 Å². The van der Waals surface area contributed by atoms with Crippen LogP contribution in [0.25, 0.3) is 0 Å². The Balaban J connectivity index is 2.16. The van der Waals surface area contributed by atoms with Gasteiger partial charge in [-0.3, -0.25) is 0 Å². The maximum Gasteiger partial charge on any atom is 0.337 e. The second kappa shape index (κ2) is 5.51. The number of halogens is 1. The number of benzene rings is 1. The molecule has 2 rings (SSSR count). The number of aromatic nitrogens is 1. The van der Waals surface area contributed by atoms with Gasteiger partial charge in [0.15, 0.2) is 10.9 Å². The largest absolute Gasteiger partial charge is 0.465 e. The van der Waals surface area contributed by atoms with E-state index in [1.807, 2.05) is 0 Å². The molecule has 0 radical (unpaired) electrons. The molecule has 1 aromatic heterocycles. The number of carbonyl (C=O) groups is 1. The molecule has 0 N–H and O–H groups in total. The summed E-state index contributed by atoms with van der Waals surface area (Å²) in [6, 6.07) is 10.00. The van der Waals surface area contributed by atoms with Gasteiger partial charge < -0.3 is 9.47 Å². The number of ether oxygens (including phenoxy) is 2. The molecule has 0 fully saturated rings. The lowest BCUT2D eigenvalue weighted by atomic mass is 10.2. The molecule has 0 bridgehead atoms. The first-order valence-corrected chi connectivity index (χ1v) is 5.55. The maximum absolute atomic E-state index is 11.2. The van der Waals surface area contributed by atoms with Crippen molar-refractivity contribution in [1.82, 2.24) is 4.98 Å². The quantitative estimate of drug-likeness (QED) is 0.630. The van der Waals surface area contributed by atoms with E-state index < -0.39 is 0 Å². The Morgan fingerprint density at radius 2 is 1.94 bits per heavy atom. The minimum atomic E-state index is -0.388. The lowest BCUT2D eigenvalue weighted by Crippen LogP contribution is -2.00. The number of hydrogen-bond donors (Lipinski definition) is 0. The number of pyridine rings is 1. The summed E-state index contributed by atoms with van der Waals surface area (Å²) in [6.07, 6.45) is 1.58. The molecule has 0 aliphatic carbocycles. The molecule has 2 aromatic rings. The molecule has 5 heteroatoms. The topological polar surface area (TPSA) is 48.4 Å². The number of hydrogen-bond acceptors (Lipinski definition) is 4. The van der Waals surface area contributed by atoms with Gasteiger partial charge in [0.05, 0.1) is 12.7 Å². The van der Waals surface area contributed by atoms with Gasteiger partial charge in [-0.05, 0) is 36.4 Å². The molecular weight excluding hydrogens is 254 g/mol. The molecule has 0 saturated carbocycles. The first-order valence-electron chi connectivity index (χ1n) is 5.17. The van der Waals surface area contributed by atoms with Crippen LogP contribution in [0.1, 0.15) is 10.4 Å². The van der Waals surface area contributed by atoms with Crippen LogP contribution in [0.4, 0.5) is 0 Å². The number of methoxy groups -OCH3 is 1. The van der Waals surface area contributed by atoms with E-state index in [2.05, 4.69) is 9.72 Å². The van der Waals surface area contributed by atoms with Crippen LogP contribution in [-0.4, -0.2) is 18.1 Å². The zero-order chi connectivity index (χ0) is 13.0. The molecule has 0 atom stereocenters. The monoisotopic (exact) mass is 263 g/mol. The molecular formula is C13H10ClNO3. The van der Waals surface area contributed by atoms with Crippen molar-refractivity contribution in [1.29, 1.82) is 0 Å². The standard InChI is InChI=1S/C13H10ClNO3/c1-17-13(16)9-4-6-10(7-5-9)18-11-3-2-8-15-12(11)14/h2-8H,1H3. The van der Waals surface area contributed by atoms with Crippen molar-refractivity contribution in [2.24, 2.45) is 0 Å². The van der Waals surface area contributed by atoms with Crippen molar-refractivity contribution >= 4 is 17.6 Å².